The third-order valence-electron chi connectivity index (χ3n) is 3.67. The number of piperazine rings is 1. The number of hydrogen-bond acceptors (Lipinski definition) is 2. The predicted octanol–water partition coefficient (Wildman–Crippen LogP) is 1.98. The molecule has 21 heavy (non-hydrogen) atoms. The monoisotopic (exact) mass is 300 g/mol. The van der Waals surface area contributed by atoms with Crippen LogP contribution >= 0.6 is 0 Å². The van der Waals surface area contributed by atoms with Gasteiger partial charge in [-0.25, -0.2) is 13.2 Å². The van der Waals surface area contributed by atoms with Crippen molar-refractivity contribution in [2.45, 2.75) is 26.3 Å². The standard InChI is InChI=1S/C14H15F3N2O2/c1-3-7(2)13-14(21)19(6-10(20)18-13)9-5-4-8(15)11(16)12(9)17/h4-5,7,13H,3,6H2,1-2H3,(H,18,20). The third kappa shape index (κ3) is 2.72. The Morgan fingerprint density at radius 1 is 1.29 bits per heavy atom. The van der Waals surface area contributed by atoms with Crippen molar-refractivity contribution in [3.8, 4) is 0 Å². The smallest absolute Gasteiger partial charge is 0.250 e. The summed E-state index contributed by atoms with van der Waals surface area (Å²) in [5, 5.41) is 2.54. The van der Waals surface area contributed by atoms with E-state index in [0.29, 0.717) is 6.42 Å². The maximum Gasteiger partial charge on any atom is 0.250 e. The Bertz CT molecular complexity index is 592. The second-order valence-corrected chi connectivity index (χ2v) is 5.05. The van der Waals surface area contributed by atoms with Gasteiger partial charge in [-0.2, -0.15) is 0 Å². The van der Waals surface area contributed by atoms with E-state index in [0.717, 1.165) is 17.0 Å². The first-order chi connectivity index (χ1) is 9.86. The second kappa shape index (κ2) is 5.75. The number of nitrogens with one attached hydrogen (secondary N) is 1. The number of halogens is 3. The van der Waals surface area contributed by atoms with Gasteiger partial charge in [0.25, 0.3) is 0 Å². The van der Waals surface area contributed by atoms with Crippen LogP contribution in [0.1, 0.15) is 20.3 Å². The molecule has 2 amide bonds. The van der Waals surface area contributed by atoms with Gasteiger partial charge in [0.15, 0.2) is 17.5 Å². The van der Waals surface area contributed by atoms with Crippen LogP contribution in [0.25, 0.3) is 0 Å². The highest BCUT2D eigenvalue weighted by Gasteiger charge is 2.37. The van der Waals surface area contributed by atoms with Gasteiger partial charge in [-0.15, -0.1) is 0 Å². The molecule has 2 atom stereocenters. The fraction of sp³-hybridized carbons (Fsp3) is 0.429. The molecule has 0 aliphatic carbocycles. The number of carbonyl (C=O) groups excluding carboxylic acids is 2. The summed E-state index contributed by atoms with van der Waals surface area (Å²) >= 11 is 0. The van der Waals surface area contributed by atoms with E-state index in [9.17, 15) is 22.8 Å². The molecule has 1 aromatic carbocycles. The fourth-order valence-electron chi connectivity index (χ4n) is 2.22. The predicted molar refractivity (Wildman–Crippen MR) is 70.1 cm³/mol. The van der Waals surface area contributed by atoms with E-state index in [1.165, 1.54) is 0 Å². The number of carbonyl (C=O) groups is 2. The van der Waals surface area contributed by atoms with Crippen LogP contribution in [-0.2, 0) is 9.59 Å². The molecule has 1 aliphatic rings. The maximum absolute atomic E-state index is 13.8. The summed E-state index contributed by atoms with van der Waals surface area (Å²) in [5.41, 5.74) is -0.429. The van der Waals surface area contributed by atoms with Crippen molar-refractivity contribution >= 4 is 17.5 Å². The van der Waals surface area contributed by atoms with Gasteiger partial charge in [-0.05, 0) is 18.1 Å². The molecule has 0 spiro atoms. The normalized spacial score (nSPS) is 20.4. The topological polar surface area (TPSA) is 49.4 Å². The van der Waals surface area contributed by atoms with Gasteiger partial charge in [0.2, 0.25) is 11.8 Å². The molecule has 1 N–H and O–H groups in total. The molecule has 114 valence electrons. The summed E-state index contributed by atoms with van der Waals surface area (Å²) in [7, 11) is 0. The highest BCUT2D eigenvalue weighted by Crippen LogP contribution is 2.26. The number of amides is 2. The van der Waals surface area contributed by atoms with Crippen LogP contribution in [0.4, 0.5) is 18.9 Å². The first kappa shape index (κ1) is 15.3. The van der Waals surface area contributed by atoms with Crippen molar-refractivity contribution in [2.24, 2.45) is 5.92 Å². The molecule has 2 rings (SSSR count). The van der Waals surface area contributed by atoms with E-state index >= 15 is 0 Å². The van der Waals surface area contributed by atoms with Gasteiger partial charge in [0, 0.05) is 0 Å². The lowest BCUT2D eigenvalue weighted by Gasteiger charge is -2.35. The van der Waals surface area contributed by atoms with Crippen molar-refractivity contribution in [1.29, 1.82) is 0 Å². The Morgan fingerprint density at radius 2 is 1.95 bits per heavy atom. The molecule has 7 heteroatoms. The van der Waals surface area contributed by atoms with Crippen LogP contribution < -0.4 is 10.2 Å². The largest absolute Gasteiger partial charge is 0.342 e. The molecule has 0 radical (unpaired) electrons. The van der Waals surface area contributed by atoms with E-state index in [1.54, 1.807) is 6.92 Å². The Morgan fingerprint density at radius 3 is 2.57 bits per heavy atom. The molecule has 1 aliphatic heterocycles. The average Bonchev–Trinajstić information content (AvgIpc) is 2.46. The van der Waals surface area contributed by atoms with Crippen LogP contribution in [-0.4, -0.2) is 24.4 Å². The summed E-state index contributed by atoms with van der Waals surface area (Å²) in [4.78, 5) is 24.9. The van der Waals surface area contributed by atoms with Gasteiger partial charge >= 0.3 is 0 Å². The summed E-state index contributed by atoms with van der Waals surface area (Å²) in [6, 6.07) is 0.882. The first-order valence-electron chi connectivity index (χ1n) is 6.61. The fourth-order valence-corrected chi connectivity index (χ4v) is 2.22. The minimum Gasteiger partial charge on any atom is -0.342 e. The molecule has 0 aromatic heterocycles. The van der Waals surface area contributed by atoms with Crippen LogP contribution in [0.5, 0.6) is 0 Å². The minimum atomic E-state index is -1.66. The molecule has 1 saturated heterocycles. The number of rotatable bonds is 3. The van der Waals surface area contributed by atoms with Crippen molar-refractivity contribution in [3.05, 3.63) is 29.6 Å². The highest BCUT2D eigenvalue weighted by atomic mass is 19.2. The Hall–Kier alpha value is -2.05. The molecule has 1 heterocycles. The Labute approximate surface area is 119 Å². The van der Waals surface area contributed by atoms with Crippen molar-refractivity contribution < 1.29 is 22.8 Å². The van der Waals surface area contributed by atoms with Crippen LogP contribution in [0, 0.1) is 23.4 Å². The van der Waals surface area contributed by atoms with E-state index in [1.807, 2.05) is 6.92 Å². The third-order valence-corrected chi connectivity index (χ3v) is 3.67. The van der Waals surface area contributed by atoms with E-state index in [2.05, 4.69) is 5.32 Å². The summed E-state index contributed by atoms with van der Waals surface area (Å²) < 4.78 is 40.1. The quantitative estimate of drug-likeness (QED) is 0.868. The van der Waals surface area contributed by atoms with Crippen LogP contribution in [0.3, 0.4) is 0 Å². The van der Waals surface area contributed by atoms with Gasteiger partial charge in [0.05, 0.1) is 5.69 Å². The van der Waals surface area contributed by atoms with Crippen molar-refractivity contribution in [1.82, 2.24) is 5.32 Å². The molecule has 0 saturated carbocycles. The van der Waals surface area contributed by atoms with E-state index in [4.69, 9.17) is 0 Å². The van der Waals surface area contributed by atoms with Gasteiger partial charge < -0.3 is 5.32 Å². The summed E-state index contributed by atoms with van der Waals surface area (Å²) in [6.07, 6.45) is 0.630. The zero-order chi connectivity index (χ0) is 15.7. The number of benzene rings is 1. The molecular weight excluding hydrogens is 285 g/mol. The minimum absolute atomic E-state index is 0.155. The zero-order valence-electron chi connectivity index (χ0n) is 11.6. The SMILES string of the molecule is CCC(C)C1NC(=O)CN(c2ccc(F)c(F)c2F)C1=O. The highest BCUT2D eigenvalue weighted by molar-refractivity contribution is 6.06. The van der Waals surface area contributed by atoms with Crippen LogP contribution in [0.15, 0.2) is 12.1 Å². The summed E-state index contributed by atoms with van der Waals surface area (Å²) in [5.74, 6) is -5.63. The van der Waals surface area contributed by atoms with Gasteiger partial charge in [-0.3, -0.25) is 14.5 Å². The second-order valence-electron chi connectivity index (χ2n) is 5.05. The number of hydrogen-bond donors (Lipinski definition) is 1. The molecule has 1 aromatic rings. The average molecular weight is 300 g/mol. The van der Waals surface area contributed by atoms with E-state index < -0.39 is 47.5 Å². The lowest BCUT2D eigenvalue weighted by Crippen LogP contribution is -2.60. The van der Waals surface area contributed by atoms with Crippen molar-refractivity contribution in [3.63, 3.8) is 0 Å². The molecule has 2 unspecified atom stereocenters. The Balaban J connectivity index is 2.41. The first-order valence-corrected chi connectivity index (χ1v) is 6.61. The maximum atomic E-state index is 13.8. The molecule has 4 nitrogen and oxygen atoms in total. The zero-order valence-corrected chi connectivity index (χ0v) is 11.6. The van der Waals surface area contributed by atoms with Crippen molar-refractivity contribution in [2.75, 3.05) is 11.4 Å². The summed E-state index contributed by atoms with van der Waals surface area (Å²) in [6.45, 7) is 3.20. The molecule has 1 fully saturated rings. The lowest BCUT2D eigenvalue weighted by molar-refractivity contribution is -0.132. The van der Waals surface area contributed by atoms with Crippen LogP contribution in [0.2, 0.25) is 0 Å². The Kier molecular flexibility index (Phi) is 4.20. The van der Waals surface area contributed by atoms with E-state index in [-0.39, 0.29) is 5.92 Å². The molecule has 0 bridgehead atoms. The van der Waals surface area contributed by atoms with Gasteiger partial charge in [0.1, 0.15) is 12.6 Å². The lowest BCUT2D eigenvalue weighted by atomic mass is 9.96. The number of anilines is 1. The molecular formula is C14H15F3N2O2. The number of nitrogens with zero attached hydrogens (tertiary/aromatic N) is 1. The van der Waals surface area contributed by atoms with Gasteiger partial charge in [-0.1, -0.05) is 20.3 Å².